The Labute approximate surface area is 110 Å². The third-order valence-corrected chi connectivity index (χ3v) is 3.66. The first-order valence-electron chi connectivity index (χ1n) is 7.10. The summed E-state index contributed by atoms with van der Waals surface area (Å²) in [7, 11) is 1.62. The molecule has 18 heavy (non-hydrogen) atoms. The van der Waals surface area contributed by atoms with Crippen molar-refractivity contribution in [3.05, 3.63) is 0 Å². The average molecular weight is 257 g/mol. The van der Waals surface area contributed by atoms with Crippen LogP contribution in [0.15, 0.2) is 0 Å². The molecule has 0 heterocycles. The SMILES string of the molecule is COCCOCC(=O)N[C@@H](C)C1CCCCCC1. The Bertz CT molecular complexity index is 225. The van der Waals surface area contributed by atoms with Crippen molar-refractivity contribution in [2.75, 3.05) is 26.9 Å². The van der Waals surface area contributed by atoms with Gasteiger partial charge in [-0.05, 0) is 25.7 Å². The summed E-state index contributed by atoms with van der Waals surface area (Å²) in [6.45, 7) is 3.26. The van der Waals surface area contributed by atoms with Crippen LogP contribution in [0.3, 0.4) is 0 Å². The van der Waals surface area contributed by atoms with Crippen LogP contribution >= 0.6 is 0 Å². The summed E-state index contributed by atoms with van der Waals surface area (Å²) >= 11 is 0. The fraction of sp³-hybridized carbons (Fsp3) is 0.929. The van der Waals surface area contributed by atoms with Crippen molar-refractivity contribution >= 4 is 5.91 Å². The van der Waals surface area contributed by atoms with Gasteiger partial charge in [0.05, 0.1) is 13.2 Å². The molecule has 1 rings (SSSR count). The van der Waals surface area contributed by atoms with E-state index >= 15 is 0 Å². The van der Waals surface area contributed by atoms with Crippen LogP contribution in [0.5, 0.6) is 0 Å². The zero-order valence-electron chi connectivity index (χ0n) is 11.7. The molecule has 0 aromatic rings. The van der Waals surface area contributed by atoms with Crippen molar-refractivity contribution in [3.8, 4) is 0 Å². The monoisotopic (exact) mass is 257 g/mol. The molecule has 1 aliphatic carbocycles. The van der Waals surface area contributed by atoms with E-state index in [4.69, 9.17) is 9.47 Å². The van der Waals surface area contributed by atoms with Gasteiger partial charge >= 0.3 is 0 Å². The van der Waals surface area contributed by atoms with E-state index < -0.39 is 0 Å². The molecule has 1 fully saturated rings. The van der Waals surface area contributed by atoms with E-state index in [1.54, 1.807) is 7.11 Å². The topological polar surface area (TPSA) is 47.6 Å². The highest BCUT2D eigenvalue weighted by molar-refractivity contribution is 5.77. The highest BCUT2D eigenvalue weighted by Gasteiger charge is 2.20. The van der Waals surface area contributed by atoms with Crippen molar-refractivity contribution < 1.29 is 14.3 Å². The van der Waals surface area contributed by atoms with E-state index in [1.807, 2.05) is 0 Å². The Morgan fingerprint density at radius 3 is 2.50 bits per heavy atom. The molecule has 4 nitrogen and oxygen atoms in total. The second kappa shape index (κ2) is 9.34. The molecule has 0 aromatic carbocycles. The average Bonchev–Trinajstić information content (AvgIpc) is 2.63. The zero-order valence-corrected chi connectivity index (χ0v) is 11.7. The van der Waals surface area contributed by atoms with Crippen molar-refractivity contribution in [2.24, 2.45) is 5.92 Å². The van der Waals surface area contributed by atoms with Gasteiger partial charge in [-0.1, -0.05) is 25.7 Å². The molecule has 0 aliphatic heterocycles. The van der Waals surface area contributed by atoms with Crippen LogP contribution < -0.4 is 5.32 Å². The minimum absolute atomic E-state index is 0.0113. The molecule has 0 spiro atoms. The zero-order chi connectivity index (χ0) is 13.2. The van der Waals surface area contributed by atoms with Crippen molar-refractivity contribution in [3.63, 3.8) is 0 Å². The lowest BCUT2D eigenvalue weighted by atomic mass is 9.93. The normalized spacial score (nSPS) is 19.2. The predicted molar refractivity (Wildman–Crippen MR) is 71.5 cm³/mol. The predicted octanol–water partition coefficient (Wildman–Crippen LogP) is 2.12. The molecule has 1 amide bonds. The van der Waals surface area contributed by atoms with Gasteiger partial charge in [0, 0.05) is 13.2 Å². The number of amides is 1. The number of nitrogens with one attached hydrogen (secondary N) is 1. The van der Waals surface area contributed by atoms with Crippen LogP contribution in [-0.4, -0.2) is 38.9 Å². The van der Waals surface area contributed by atoms with Gasteiger partial charge < -0.3 is 14.8 Å². The van der Waals surface area contributed by atoms with Gasteiger partial charge in [0.2, 0.25) is 5.91 Å². The molecule has 4 heteroatoms. The molecule has 106 valence electrons. The van der Waals surface area contributed by atoms with Crippen LogP contribution in [0.25, 0.3) is 0 Å². The molecule has 1 atom stereocenters. The fourth-order valence-corrected chi connectivity index (χ4v) is 2.53. The van der Waals surface area contributed by atoms with E-state index in [-0.39, 0.29) is 18.6 Å². The van der Waals surface area contributed by atoms with E-state index in [2.05, 4.69) is 12.2 Å². The van der Waals surface area contributed by atoms with Gasteiger partial charge in [0.25, 0.3) is 0 Å². The third kappa shape index (κ3) is 6.36. The minimum atomic E-state index is -0.0113. The first-order valence-corrected chi connectivity index (χ1v) is 7.10. The minimum Gasteiger partial charge on any atom is -0.382 e. The van der Waals surface area contributed by atoms with Gasteiger partial charge in [-0.2, -0.15) is 0 Å². The van der Waals surface area contributed by atoms with Crippen molar-refractivity contribution in [2.45, 2.75) is 51.5 Å². The maximum Gasteiger partial charge on any atom is 0.246 e. The molecule has 1 saturated carbocycles. The number of hydrogen-bond acceptors (Lipinski definition) is 3. The summed E-state index contributed by atoms with van der Waals surface area (Å²) in [5.41, 5.74) is 0. The lowest BCUT2D eigenvalue weighted by Gasteiger charge is -2.23. The molecule has 1 aliphatic rings. The fourth-order valence-electron chi connectivity index (χ4n) is 2.53. The largest absolute Gasteiger partial charge is 0.382 e. The Hall–Kier alpha value is -0.610. The maximum absolute atomic E-state index is 11.7. The quantitative estimate of drug-likeness (QED) is 0.561. The first kappa shape index (κ1) is 15.4. The van der Waals surface area contributed by atoms with Crippen molar-refractivity contribution in [1.29, 1.82) is 0 Å². The van der Waals surface area contributed by atoms with Crippen molar-refractivity contribution in [1.82, 2.24) is 5.32 Å². The maximum atomic E-state index is 11.7. The van der Waals surface area contributed by atoms with Gasteiger partial charge in [0.15, 0.2) is 0 Å². The smallest absolute Gasteiger partial charge is 0.246 e. The highest BCUT2D eigenvalue weighted by atomic mass is 16.5. The van der Waals surface area contributed by atoms with Crippen LogP contribution in [0, 0.1) is 5.92 Å². The van der Waals surface area contributed by atoms with Crippen LogP contribution in [0.1, 0.15) is 45.4 Å². The summed E-state index contributed by atoms with van der Waals surface area (Å²) in [4.78, 5) is 11.7. The van der Waals surface area contributed by atoms with Gasteiger partial charge in [-0.3, -0.25) is 4.79 Å². The van der Waals surface area contributed by atoms with Gasteiger partial charge in [-0.25, -0.2) is 0 Å². The van der Waals surface area contributed by atoms with Crippen LogP contribution in [0.4, 0.5) is 0 Å². The lowest BCUT2D eigenvalue weighted by molar-refractivity contribution is -0.127. The second-order valence-electron chi connectivity index (χ2n) is 5.15. The molecule has 0 saturated heterocycles. The van der Waals surface area contributed by atoms with Gasteiger partial charge in [-0.15, -0.1) is 0 Å². The van der Waals surface area contributed by atoms with E-state index in [9.17, 15) is 4.79 Å². The number of ether oxygens (including phenoxy) is 2. The third-order valence-electron chi connectivity index (χ3n) is 3.66. The lowest BCUT2D eigenvalue weighted by Crippen LogP contribution is -2.40. The summed E-state index contributed by atoms with van der Waals surface area (Å²) in [6, 6.07) is 0.265. The van der Waals surface area contributed by atoms with E-state index in [0.717, 1.165) is 0 Å². The molecule has 1 N–H and O–H groups in total. The first-order chi connectivity index (χ1) is 8.74. The van der Waals surface area contributed by atoms with Crippen LogP contribution in [-0.2, 0) is 14.3 Å². The molecular formula is C14H27NO3. The van der Waals surface area contributed by atoms with Gasteiger partial charge in [0.1, 0.15) is 6.61 Å². The van der Waals surface area contributed by atoms with E-state index in [0.29, 0.717) is 19.1 Å². The Morgan fingerprint density at radius 2 is 1.89 bits per heavy atom. The standard InChI is InChI=1S/C14H27NO3/c1-12(13-7-5-3-4-6-8-13)15-14(16)11-18-10-9-17-2/h12-13H,3-11H2,1-2H3,(H,15,16)/t12-/m0/s1. The number of rotatable bonds is 7. The summed E-state index contributed by atoms with van der Waals surface area (Å²) in [5, 5.41) is 3.05. The summed E-state index contributed by atoms with van der Waals surface area (Å²) in [5.74, 6) is 0.623. The summed E-state index contributed by atoms with van der Waals surface area (Å²) < 4.78 is 10.1. The molecule has 0 aromatic heterocycles. The number of carbonyl (C=O) groups is 1. The molecule has 0 unspecified atom stereocenters. The highest BCUT2D eigenvalue weighted by Crippen LogP contribution is 2.25. The Balaban J connectivity index is 2.16. The molecular weight excluding hydrogens is 230 g/mol. The Kier molecular flexibility index (Phi) is 8.01. The second-order valence-corrected chi connectivity index (χ2v) is 5.15. The molecule has 0 bridgehead atoms. The molecule has 0 radical (unpaired) electrons. The Morgan fingerprint density at radius 1 is 1.22 bits per heavy atom. The van der Waals surface area contributed by atoms with E-state index in [1.165, 1.54) is 38.5 Å². The number of carbonyl (C=O) groups excluding carboxylic acids is 1. The van der Waals surface area contributed by atoms with Crippen LogP contribution in [0.2, 0.25) is 0 Å². The summed E-state index contributed by atoms with van der Waals surface area (Å²) in [6.07, 6.45) is 7.77. The number of hydrogen-bond donors (Lipinski definition) is 1. The number of methoxy groups -OCH3 is 1.